The van der Waals surface area contributed by atoms with E-state index in [4.69, 9.17) is 9.47 Å². The minimum Gasteiger partial charge on any atom is -0.469 e. The van der Waals surface area contributed by atoms with Crippen molar-refractivity contribution in [2.45, 2.75) is 38.9 Å². The first-order chi connectivity index (χ1) is 6.99. The molecule has 0 aliphatic heterocycles. The van der Waals surface area contributed by atoms with Gasteiger partial charge in [0.2, 0.25) is 0 Å². The van der Waals surface area contributed by atoms with Gasteiger partial charge in [0.1, 0.15) is 0 Å². The molecule has 0 heterocycles. The van der Waals surface area contributed by atoms with Crippen molar-refractivity contribution >= 4 is 5.97 Å². The van der Waals surface area contributed by atoms with Gasteiger partial charge < -0.3 is 14.2 Å². The summed E-state index contributed by atoms with van der Waals surface area (Å²) < 4.78 is 15.1. The molecular formula is C11H22O4. The topological polar surface area (TPSA) is 44.8 Å². The highest BCUT2D eigenvalue weighted by Gasteiger charge is 2.23. The third-order valence-corrected chi connectivity index (χ3v) is 2.74. The Kier molecular flexibility index (Phi) is 6.52. The van der Waals surface area contributed by atoms with E-state index in [1.165, 1.54) is 7.11 Å². The Morgan fingerprint density at radius 3 is 2.20 bits per heavy atom. The molecule has 4 nitrogen and oxygen atoms in total. The van der Waals surface area contributed by atoms with Crippen LogP contribution in [0.2, 0.25) is 0 Å². The molecule has 0 aliphatic rings. The fourth-order valence-electron chi connectivity index (χ4n) is 1.34. The van der Waals surface area contributed by atoms with Gasteiger partial charge in [0.25, 0.3) is 0 Å². The zero-order valence-electron chi connectivity index (χ0n) is 10.3. The number of esters is 1. The molecule has 0 saturated heterocycles. The van der Waals surface area contributed by atoms with E-state index in [1.54, 1.807) is 14.2 Å². The van der Waals surface area contributed by atoms with Crippen LogP contribution in [0.1, 0.15) is 33.1 Å². The van der Waals surface area contributed by atoms with Crippen molar-refractivity contribution < 1.29 is 19.0 Å². The van der Waals surface area contributed by atoms with Crippen LogP contribution in [-0.2, 0) is 19.0 Å². The Bertz CT molecular complexity index is 187. The van der Waals surface area contributed by atoms with E-state index < -0.39 is 5.79 Å². The molecule has 0 aromatic heterocycles. The molecule has 15 heavy (non-hydrogen) atoms. The lowest BCUT2D eigenvalue weighted by Gasteiger charge is -2.26. The lowest BCUT2D eigenvalue weighted by molar-refractivity contribution is -0.198. The summed E-state index contributed by atoms with van der Waals surface area (Å²) in [5.74, 6) is -0.768. The van der Waals surface area contributed by atoms with Gasteiger partial charge in [-0.05, 0) is 19.8 Å². The highest BCUT2D eigenvalue weighted by atomic mass is 16.7. The van der Waals surface area contributed by atoms with Gasteiger partial charge in [-0.15, -0.1) is 0 Å². The summed E-state index contributed by atoms with van der Waals surface area (Å²) in [4.78, 5) is 11.1. The Balaban J connectivity index is 3.83. The molecule has 0 radical (unpaired) electrons. The molecule has 0 aromatic rings. The Hall–Kier alpha value is -0.610. The van der Waals surface area contributed by atoms with Crippen LogP contribution in [0.15, 0.2) is 0 Å². The smallest absolute Gasteiger partial charge is 0.308 e. The standard InChI is InChI=1S/C11H22O4/c1-9(10(12)13-3)7-6-8-11(2,14-4)15-5/h9H,6-8H2,1-5H3/t9-/m0/s1. The van der Waals surface area contributed by atoms with Gasteiger partial charge in [-0.3, -0.25) is 4.79 Å². The van der Waals surface area contributed by atoms with Gasteiger partial charge in [0.15, 0.2) is 5.79 Å². The number of carbonyl (C=O) groups excluding carboxylic acids is 1. The SMILES string of the molecule is COC(=O)[C@@H](C)CCCC(C)(OC)OC. The van der Waals surface area contributed by atoms with Crippen molar-refractivity contribution in [1.82, 2.24) is 0 Å². The highest BCUT2D eigenvalue weighted by molar-refractivity contribution is 5.71. The average molecular weight is 218 g/mol. The molecule has 0 bridgehead atoms. The number of hydrogen-bond donors (Lipinski definition) is 0. The number of carbonyl (C=O) groups is 1. The molecule has 90 valence electrons. The second-order valence-electron chi connectivity index (χ2n) is 3.86. The number of hydrogen-bond acceptors (Lipinski definition) is 4. The number of ether oxygens (including phenoxy) is 3. The largest absolute Gasteiger partial charge is 0.469 e. The summed E-state index contributed by atoms with van der Waals surface area (Å²) in [6.07, 6.45) is 2.42. The molecular weight excluding hydrogens is 196 g/mol. The van der Waals surface area contributed by atoms with E-state index in [0.717, 1.165) is 19.3 Å². The maximum atomic E-state index is 11.1. The molecule has 0 amide bonds. The van der Waals surface area contributed by atoms with Crippen LogP contribution >= 0.6 is 0 Å². The van der Waals surface area contributed by atoms with E-state index in [9.17, 15) is 4.79 Å². The van der Waals surface area contributed by atoms with Crippen LogP contribution in [-0.4, -0.2) is 33.1 Å². The third kappa shape index (κ3) is 5.14. The van der Waals surface area contributed by atoms with Crippen LogP contribution in [0.3, 0.4) is 0 Å². The van der Waals surface area contributed by atoms with Crippen LogP contribution < -0.4 is 0 Å². The van der Waals surface area contributed by atoms with Crippen molar-refractivity contribution in [3.63, 3.8) is 0 Å². The summed E-state index contributed by atoms with van der Waals surface area (Å²) in [5, 5.41) is 0. The van der Waals surface area contributed by atoms with Crippen LogP contribution in [0.5, 0.6) is 0 Å². The predicted molar refractivity (Wildman–Crippen MR) is 57.5 cm³/mol. The Morgan fingerprint density at radius 1 is 1.27 bits per heavy atom. The first-order valence-electron chi connectivity index (χ1n) is 5.17. The maximum Gasteiger partial charge on any atom is 0.308 e. The molecule has 0 fully saturated rings. The highest BCUT2D eigenvalue weighted by Crippen LogP contribution is 2.20. The zero-order chi connectivity index (χ0) is 11.9. The first-order valence-corrected chi connectivity index (χ1v) is 5.17. The normalized spacial score (nSPS) is 13.7. The van der Waals surface area contributed by atoms with Crippen molar-refractivity contribution in [2.75, 3.05) is 21.3 Å². The quantitative estimate of drug-likeness (QED) is 0.484. The van der Waals surface area contributed by atoms with Gasteiger partial charge in [-0.25, -0.2) is 0 Å². The molecule has 0 aromatic carbocycles. The molecule has 0 rings (SSSR count). The minimum absolute atomic E-state index is 0.0621. The lowest BCUT2D eigenvalue weighted by atomic mass is 10.0. The lowest BCUT2D eigenvalue weighted by Crippen LogP contribution is -2.29. The fraction of sp³-hybridized carbons (Fsp3) is 0.909. The summed E-state index contributed by atoms with van der Waals surface area (Å²) >= 11 is 0. The molecule has 0 aliphatic carbocycles. The summed E-state index contributed by atoms with van der Waals surface area (Å²) in [6.45, 7) is 3.75. The Morgan fingerprint density at radius 2 is 1.80 bits per heavy atom. The molecule has 0 unspecified atom stereocenters. The molecule has 0 saturated carbocycles. The van der Waals surface area contributed by atoms with E-state index in [-0.39, 0.29) is 11.9 Å². The Labute approximate surface area is 91.9 Å². The van der Waals surface area contributed by atoms with Crippen LogP contribution in [0.25, 0.3) is 0 Å². The van der Waals surface area contributed by atoms with E-state index in [1.807, 2.05) is 13.8 Å². The summed E-state index contributed by atoms with van der Waals surface area (Å²) in [6, 6.07) is 0. The van der Waals surface area contributed by atoms with Gasteiger partial charge in [0, 0.05) is 20.6 Å². The van der Waals surface area contributed by atoms with Gasteiger partial charge in [-0.1, -0.05) is 6.92 Å². The summed E-state index contributed by atoms with van der Waals surface area (Å²) in [5.41, 5.74) is 0. The minimum atomic E-state index is -0.546. The average Bonchev–Trinajstić information content (AvgIpc) is 2.27. The van der Waals surface area contributed by atoms with Crippen LogP contribution in [0, 0.1) is 5.92 Å². The van der Waals surface area contributed by atoms with Crippen LogP contribution in [0.4, 0.5) is 0 Å². The molecule has 4 heteroatoms. The van der Waals surface area contributed by atoms with Crippen molar-refractivity contribution in [3.8, 4) is 0 Å². The molecule has 0 N–H and O–H groups in total. The second-order valence-corrected chi connectivity index (χ2v) is 3.86. The number of methoxy groups -OCH3 is 3. The number of rotatable bonds is 7. The maximum absolute atomic E-state index is 11.1. The molecule has 1 atom stereocenters. The predicted octanol–water partition coefficient (Wildman–Crippen LogP) is 1.97. The van der Waals surface area contributed by atoms with Gasteiger partial charge >= 0.3 is 5.97 Å². The van der Waals surface area contributed by atoms with Crippen molar-refractivity contribution in [3.05, 3.63) is 0 Å². The van der Waals surface area contributed by atoms with Crippen molar-refractivity contribution in [2.24, 2.45) is 5.92 Å². The van der Waals surface area contributed by atoms with Crippen molar-refractivity contribution in [1.29, 1.82) is 0 Å². The zero-order valence-corrected chi connectivity index (χ0v) is 10.3. The van der Waals surface area contributed by atoms with E-state index in [2.05, 4.69) is 4.74 Å². The first kappa shape index (κ1) is 14.4. The van der Waals surface area contributed by atoms with Gasteiger partial charge in [-0.2, -0.15) is 0 Å². The monoisotopic (exact) mass is 218 g/mol. The van der Waals surface area contributed by atoms with E-state index >= 15 is 0 Å². The summed E-state index contributed by atoms with van der Waals surface area (Å²) in [7, 11) is 4.65. The second kappa shape index (κ2) is 6.80. The van der Waals surface area contributed by atoms with E-state index in [0.29, 0.717) is 0 Å². The fourth-order valence-corrected chi connectivity index (χ4v) is 1.34. The van der Waals surface area contributed by atoms with Gasteiger partial charge in [0.05, 0.1) is 13.0 Å². The third-order valence-electron chi connectivity index (χ3n) is 2.74. The molecule has 0 spiro atoms.